The van der Waals surface area contributed by atoms with E-state index in [9.17, 15) is 14.9 Å². The minimum atomic E-state index is -0.655. The number of nitrogens with zero attached hydrogens (tertiary/aromatic N) is 4. The van der Waals surface area contributed by atoms with Gasteiger partial charge in [-0.1, -0.05) is 0 Å². The van der Waals surface area contributed by atoms with E-state index < -0.39 is 10.8 Å². The monoisotopic (exact) mass is 302 g/mol. The normalized spacial score (nSPS) is 14.9. The number of nitro groups is 1. The van der Waals surface area contributed by atoms with Crippen molar-refractivity contribution >= 4 is 17.5 Å². The molecule has 0 spiro atoms. The van der Waals surface area contributed by atoms with Crippen LogP contribution in [0, 0.1) is 10.1 Å². The van der Waals surface area contributed by atoms with Gasteiger partial charge in [-0.2, -0.15) is 0 Å². The molecule has 8 heteroatoms. The second-order valence-electron chi connectivity index (χ2n) is 4.88. The number of carbonyl (C=O) groups excluding carboxylic acids is 1. The van der Waals surface area contributed by atoms with Gasteiger partial charge >= 0.3 is 5.88 Å². The van der Waals surface area contributed by atoms with Crippen LogP contribution in [0.3, 0.4) is 0 Å². The maximum absolute atomic E-state index is 12.3. The summed E-state index contributed by atoms with van der Waals surface area (Å²) in [5.41, 5.74) is 1.07. The Balaban J connectivity index is 1.63. The summed E-state index contributed by atoms with van der Waals surface area (Å²) in [6, 6.07) is 6.39. The number of hydrogen-bond acceptors (Lipinski definition) is 6. The zero-order chi connectivity index (χ0) is 15.5. The molecule has 8 nitrogen and oxygen atoms in total. The van der Waals surface area contributed by atoms with Gasteiger partial charge in [0.15, 0.2) is 5.76 Å². The van der Waals surface area contributed by atoms with Crippen molar-refractivity contribution in [1.29, 1.82) is 0 Å². The maximum Gasteiger partial charge on any atom is 0.433 e. The quantitative estimate of drug-likeness (QED) is 0.631. The van der Waals surface area contributed by atoms with Crippen LogP contribution in [0.25, 0.3) is 0 Å². The lowest BCUT2D eigenvalue weighted by atomic mass is 10.2. The predicted octanol–water partition coefficient (Wildman–Crippen LogP) is 1.55. The van der Waals surface area contributed by atoms with Gasteiger partial charge in [-0.25, -0.2) is 0 Å². The summed E-state index contributed by atoms with van der Waals surface area (Å²) >= 11 is 0. The van der Waals surface area contributed by atoms with E-state index in [0.717, 1.165) is 5.69 Å². The highest BCUT2D eigenvalue weighted by Crippen LogP contribution is 2.19. The van der Waals surface area contributed by atoms with Gasteiger partial charge in [-0.05, 0) is 18.2 Å². The lowest BCUT2D eigenvalue weighted by molar-refractivity contribution is -0.402. The SMILES string of the molecule is O=C(c1ccc([N+](=O)[O-])o1)N1CCN(c2ccncc2)CC1. The Morgan fingerprint density at radius 3 is 2.41 bits per heavy atom. The van der Waals surface area contributed by atoms with E-state index in [1.807, 2.05) is 12.1 Å². The number of aromatic nitrogens is 1. The fourth-order valence-corrected chi connectivity index (χ4v) is 2.42. The van der Waals surface area contributed by atoms with Crippen molar-refractivity contribution in [3.8, 4) is 0 Å². The lowest BCUT2D eigenvalue weighted by Gasteiger charge is -2.35. The van der Waals surface area contributed by atoms with Gasteiger partial charge in [0.2, 0.25) is 0 Å². The Morgan fingerprint density at radius 1 is 1.14 bits per heavy atom. The van der Waals surface area contributed by atoms with Gasteiger partial charge in [-0.15, -0.1) is 0 Å². The summed E-state index contributed by atoms with van der Waals surface area (Å²) in [4.78, 5) is 30.0. The number of hydrogen-bond donors (Lipinski definition) is 0. The first-order valence-corrected chi connectivity index (χ1v) is 6.83. The van der Waals surface area contributed by atoms with Crippen molar-refractivity contribution in [3.05, 3.63) is 52.5 Å². The Labute approximate surface area is 126 Å². The van der Waals surface area contributed by atoms with Crippen LogP contribution in [-0.2, 0) is 0 Å². The van der Waals surface area contributed by atoms with Gasteiger partial charge in [0.25, 0.3) is 5.91 Å². The van der Waals surface area contributed by atoms with Crippen LogP contribution in [0.5, 0.6) is 0 Å². The zero-order valence-electron chi connectivity index (χ0n) is 11.7. The molecule has 1 saturated heterocycles. The minimum absolute atomic E-state index is 0.00376. The minimum Gasteiger partial charge on any atom is -0.395 e. The fraction of sp³-hybridized carbons (Fsp3) is 0.286. The molecule has 0 N–H and O–H groups in total. The number of carbonyl (C=O) groups is 1. The van der Waals surface area contributed by atoms with E-state index in [4.69, 9.17) is 4.42 Å². The van der Waals surface area contributed by atoms with Crippen LogP contribution in [-0.4, -0.2) is 46.9 Å². The van der Waals surface area contributed by atoms with Crippen LogP contribution in [0.1, 0.15) is 10.6 Å². The summed E-state index contributed by atoms with van der Waals surface area (Å²) in [7, 11) is 0. The maximum atomic E-state index is 12.3. The Bertz CT molecular complexity index is 677. The van der Waals surface area contributed by atoms with Crippen molar-refractivity contribution in [2.75, 3.05) is 31.1 Å². The van der Waals surface area contributed by atoms with Crippen molar-refractivity contribution in [1.82, 2.24) is 9.88 Å². The average molecular weight is 302 g/mol. The molecular weight excluding hydrogens is 288 g/mol. The number of rotatable bonds is 3. The number of anilines is 1. The van der Waals surface area contributed by atoms with Crippen molar-refractivity contribution < 1.29 is 14.1 Å². The summed E-state index contributed by atoms with van der Waals surface area (Å²) < 4.78 is 4.96. The number of amides is 1. The molecule has 1 aliphatic heterocycles. The first kappa shape index (κ1) is 14.1. The van der Waals surface area contributed by atoms with Crippen LogP contribution < -0.4 is 4.90 Å². The Morgan fingerprint density at radius 2 is 1.82 bits per heavy atom. The van der Waals surface area contributed by atoms with Crippen molar-refractivity contribution in [3.63, 3.8) is 0 Å². The molecule has 3 rings (SSSR count). The largest absolute Gasteiger partial charge is 0.433 e. The number of piperazine rings is 1. The molecule has 3 heterocycles. The summed E-state index contributed by atoms with van der Waals surface area (Å²) in [6.45, 7) is 2.46. The van der Waals surface area contributed by atoms with Gasteiger partial charge in [0.05, 0.1) is 6.07 Å². The third-order valence-electron chi connectivity index (χ3n) is 3.58. The standard InChI is InChI=1S/C14H14N4O4/c19-14(12-1-2-13(22-12)18(20)21)17-9-7-16(8-10-17)11-3-5-15-6-4-11/h1-6H,7-10H2. The molecule has 1 amide bonds. The highest BCUT2D eigenvalue weighted by Gasteiger charge is 2.26. The molecule has 2 aromatic rings. The summed E-state index contributed by atoms with van der Waals surface area (Å²) in [5, 5.41) is 10.6. The van der Waals surface area contributed by atoms with E-state index >= 15 is 0 Å². The van der Waals surface area contributed by atoms with E-state index in [1.54, 1.807) is 17.3 Å². The zero-order valence-corrected chi connectivity index (χ0v) is 11.7. The Kier molecular flexibility index (Phi) is 3.73. The predicted molar refractivity (Wildman–Crippen MR) is 77.7 cm³/mol. The van der Waals surface area contributed by atoms with E-state index in [1.165, 1.54) is 12.1 Å². The molecule has 0 aliphatic carbocycles. The van der Waals surface area contributed by atoms with Gasteiger partial charge < -0.3 is 14.2 Å². The molecule has 0 atom stereocenters. The van der Waals surface area contributed by atoms with Gasteiger partial charge in [-0.3, -0.25) is 19.9 Å². The third kappa shape index (κ3) is 2.76. The molecule has 0 saturated carbocycles. The van der Waals surface area contributed by atoms with Gasteiger partial charge in [0, 0.05) is 44.3 Å². The van der Waals surface area contributed by atoms with E-state index in [-0.39, 0.29) is 11.7 Å². The van der Waals surface area contributed by atoms with Gasteiger partial charge in [0.1, 0.15) is 4.92 Å². The molecule has 0 radical (unpaired) electrons. The first-order chi connectivity index (χ1) is 10.6. The molecule has 2 aromatic heterocycles. The van der Waals surface area contributed by atoms with Crippen LogP contribution in [0.15, 0.2) is 41.1 Å². The molecule has 1 fully saturated rings. The lowest BCUT2D eigenvalue weighted by Crippen LogP contribution is -2.48. The highest BCUT2D eigenvalue weighted by atomic mass is 16.6. The number of furan rings is 1. The first-order valence-electron chi connectivity index (χ1n) is 6.83. The van der Waals surface area contributed by atoms with E-state index in [0.29, 0.717) is 26.2 Å². The smallest absolute Gasteiger partial charge is 0.395 e. The highest BCUT2D eigenvalue weighted by molar-refractivity contribution is 5.92. The summed E-state index contributed by atoms with van der Waals surface area (Å²) in [6.07, 6.45) is 3.46. The topological polar surface area (TPSA) is 92.7 Å². The molecule has 1 aliphatic rings. The summed E-state index contributed by atoms with van der Waals surface area (Å²) in [5.74, 6) is -0.731. The van der Waals surface area contributed by atoms with Crippen LogP contribution >= 0.6 is 0 Å². The molecule has 22 heavy (non-hydrogen) atoms. The molecule has 114 valence electrons. The second kappa shape index (κ2) is 5.84. The average Bonchev–Trinajstić information content (AvgIpc) is 3.05. The fourth-order valence-electron chi connectivity index (χ4n) is 2.42. The van der Waals surface area contributed by atoms with Crippen molar-refractivity contribution in [2.24, 2.45) is 0 Å². The van der Waals surface area contributed by atoms with E-state index in [2.05, 4.69) is 9.88 Å². The third-order valence-corrected chi connectivity index (χ3v) is 3.58. The molecule has 0 bridgehead atoms. The molecular formula is C14H14N4O4. The Hall–Kier alpha value is -2.90. The molecule has 0 unspecified atom stereocenters. The number of pyridine rings is 1. The van der Waals surface area contributed by atoms with Crippen molar-refractivity contribution in [2.45, 2.75) is 0 Å². The molecule has 0 aromatic carbocycles. The van der Waals surface area contributed by atoms with Crippen LogP contribution in [0.2, 0.25) is 0 Å². The second-order valence-corrected chi connectivity index (χ2v) is 4.88. The van der Waals surface area contributed by atoms with Crippen LogP contribution in [0.4, 0.5) is 11.6 Å².